The molecule has 0 spiro atoms. The Kier molecular flexibility index (Phi) is 6.52. The first-order valence-electron chi connectivity index (χ1n) is 7.96. The summed E-state index contributed by atoms with van der Waals surface area (Å²) in [5.74, 6) is 0.135. The van der Waals surface area contributed by atoms with Crippen molar-refractivity contribution in [2.75, 3.05) is 13.1 Å². The van der Waals surface area contributed by atoms with Crippen molar-refractivity contribution in [3.05, 3.63) is 21.4 Å². The van der Waals surface area contributed by atoms with Gasteiger partial charge in [-0.2, -0.15) is 0 Å². The van der Waals surface area contributed by atoms with Crippen molar-refractivity contribution < 1.29 is 4.79 Å². The molecule has 1 fully saturated rings. The molecule has 1 atom stereocenters. The third-order valence-corrected chi connectivity index (χ3v) is 5.59. The second-order valence-corrected chi connectivity index (χ2v) is 7.13. The zero-order valence-corrected chi connectivity index (χ0v) is 14.1. The molecule has 2 aliphatic rings. The Bertz CT molecular complexity index is 443. The molecule has 0 aromatic carbocycles. The van der Waals surface area contributed by atoms with Crippen LogP contribution < -0.4 is 10.6 Å². The van der Waals surface area contributed by atoms with Gasteiger partial charge < -0.3 is 10.6 Å². The van der Waals surface area contributed by atoms with E-state index in [4.69, 9.17) is 0 Å². The number of carbonyl (C=O) groups excluding carboxylic acids is 1. The average molecular weight is 329 g/mol. The van der Waals surface area contributed by atoms with Crippen LogP contribution in [-0.4, -0.2) is 25.0 Å². The lowest BCUT2D eigenvalue weighted by Gasteiger charge is -2.23. The van der Waals surface area contributed by atoms with Crippen molar-refractivity contribution in [1.82, 2.24) is 10.6 Å². The number of piperidine rings is 1. The molecule has 0 bridgehead atoms. The summed E-state index contributed by atoms with van der Waals surface area (Å²) in [4.78, 5) is 14.7. The van der Waals surface area contributed by atoms with Crippen molar-refractivity contribution >= 4 is 29.7 Å². The maximum absolute atomic E-state index is 12.4. The topological polar surface area (TPSA) is 41.1 Å². The highest BCUT2D eigenvalue weighted by molar-refractivity contribution is 7.14. The van der Waals surface area contributed by atoms with Gasteiger partial charge in [0.05, 0.1) is 4.88 Å². The molecule has 1 amide bonds. The van der Waals surface area contributed by atoms with Gasteiger partial charge in [-0.3, -0.25) is 4.79 Å². The van der Waals surface area contributed by atoms with E-state index in [9.17, 15) is 4.79 Å². The molecule has 21 heavy (non-hydrogen) atoms. The minimum Gasteiger partial charge on any atom is -0.347 e. The van der Waals surface area contributed by atoms with E-state index in [1.807, 2.05) is 0 Å². The number of thiophene rings is 1. The molecule has 0 radical (unpaired) electrons. The molecule has 1 saturated heterocycles. The molecule has 1 aliphatic carbocycles. The number of rotatable bonds is 2. The van der Waals surface area contributed by atoms with Crippen LogP contribution in [-0.2, 0) is 12.8 Å². The Morgan fingerprint density at radius 3 is 2.76 bits per heavy atom. The Labute approximate surface area is 137 Å². The largest absolute Gasteiger partial charge is 0.347 e. The summed E-state index contributed by atoms with van der Waals surface area (Å²) in [5.41, 5.74) is 1.43. The van der Waals surface area contributed by atoms with Crippen LogP contribution >= 0.6 is 23.7 Å². The summed E-state index contributed by atoms with van der Waals surface area (Å²) in [6.07, 6.45) is 9.81. The molecular weight excluding hydrogens is 304 g/mol. The highest BCUT2D eigenvalue weighted by atomic mass is 35.5. The Morgan fingerprint density at radius 2 is 2.00 bits per heavy atom. The van der Waals surface area contributed by atoms with Crippen LogP contribution in [0.3, 0.4) is 0 Å². The first kappa shape index (κ1) is 16.8. The Hall–Kier alpha value is -0.580. The van der Waals surface area contributed by atoms with Gasteiger partial charge in [-0.25, -0.2) is 0 Å². The molecular formula is C16H25ClN2OS. The number of hydrogen-bond donors (Lipinski definition) is 2. The lowest BCUT2D eigenvalue weighted by atomic mass is 10.00. The molecule has 1 aliphatic heterocycles. The van der Waals surface area contributed by atoms with Crippen molar-refractivity contribution in [3.8, 4) is 0 Å². The molecule has 1 aromatic heterocycles. The second-order valence-electron chi connectivity index (χ2n) is 5.99. The van der Waals surface area contributed by atoms with Crippen LogP contribution in [0.5, 0.6) is 0 Å². The Balaban J connectivity index is 0.00000161. The number of nitrogens with one attached hydrogen (secondary N) is 2. The van der Waals surface area contributed by atoms with Crippen LogP contribution in [0.1, 0.15) is 58.6 Å². The second kappa shape index (κ2) is 8.16. The zero-order chi connectivity index (χ0) is 13.8. The maximum Gasteiger partial charge on any atom is 0.261 e. The van der Waals surface area contributed by atoms with Crippen LogP contribution in [0.4, 0.5) is 0 Å². The molecule has 3 nitrogen and oxygen atoms in total. The molecule has 1 unspecified atom stereocenters. The van der Waals surface area contributed by atoms with Gasteiger partial charge in [0.1, 0.15) is 0 Å². The third-order valence-electron chi connectivity index (χ3n) is 4.35. The van der Waals surface area contributed by atoms with E-state index in [1.54, 1.807) is 11.3 Å². The Morgan fingerprint density at radius 1 is 1.19 bits per heavy atom. The SMILES string of the molecule is Cl.O=C(NC1CCCNC1)c1cc2c(s1)CCCCCC2. The van der Waals surface area contributed by atoms with E-state index in [0.29, 0.717) is 6.04 Å². The number of halogens is 1. The molecule has 5 heteroatoms. The quantitative estimate of drug-likeness (QED) is 0.874. The van der Waals surface area contributed by atoms with Crippen molar-refractivity contribution in [1.29, 1.82) is 0 Å². The molecule has 1 aromatic rings. The smallest absolute Gasteiger partial charge is 0.261 e. The molecule has 2 N–H and O–H groups in total. The van der Waals surface area contributed by atoms with E-state index >= 15 is 0 Å². The molecule has 118 valence electrons. The lowest BCUT2D eigenvalue weighted by Crippen LogP contribution is -2.45. The summed E-state index contributed by atoms with van der Waals surface area (Å²) in [6.45, 7) is 2.00. The minimum absolute atomic E-state index is 0. The van der Waals surface area contributed by atoms with Gasteiger partial charge in [-0.05, 0) is 56.7 Å². The van der Waals surface area contributed by atoms with E-state index in [1.165, 1.54) is 36.1 Å². The summed E-state index contributed by atoms with van der Waals surface area (Å²) < 4.78 is 0. The van der Waals surface area contributed by atoms with Crippen molar-refractivity contribution in [3.63, 3.8) is 0 Å². The van der Waals surface area contributed by atoms with E-state index in [2.05, 4.69) is 16.7 Å². The normalized spacial score (nSPS) is 22.4. The number of amides is 1. The van der Waals surface area contributed by atoms with Crippen LogP contribution in [0.2, 0.25) is 0 Å². The fourth-order valence-corrected chi connectivity index (χ4v) is 4.34. The lowest BCUT2D eigenvalue weighted by molar-refractivity contribution is 0.0935. The summed E-state index contributed by atoms with van der Waals surface area (Å²) >= 11 is 1.72. The summed E-state index contributed by atoms with van der Waals surface area (Å²) in [6, 6.07) is 2.46. The van der Waals surface area contributed by atoms with Gasteiger partial charge in [-0.15, -0.1) is 23.7 Å². The average Bonchev–Trinajstić information content (AvgIpc) is 2.82. The predicted octanol–water partition coefficient (Wildman–Crippen LogP) is 3.31. The van der Waals surface area contributed by atoms with Crippen LogP contribution in [0.15, 0.2) is 6.07 Å². The van der Waals surface area contributed by atoms with Crippen molar-refractivity contribution in [2.45, 2.75) is 57.4 Å². The standard InChI is InChI=1S/C16H24N2OS.ClH/c19-16(18-13-7-5-9-17-11-13)15-10-12-6-3-1-2-4-8-14(12)20-15;/h10,13,17H,1-9,11H2,(H,18,19);1H. The highest BCUT2D eigenvalue weighted by Gasteiger charge is 2.19. The fraction of sp³-hybridized carbons (Fsp3) is 0.688. The number of hydrogen-bond acceptors (Lipinski definition) is 3. The summed E-state index contributed by atoms with van der Waals surface area (Å²) in [5, 5.41) is 6.53. The van der Waals surface area contributed by atoms with Gasteiger partial charge in [0.2, 0.25) is 0 Å². The van der Waals surface area contributed by atoms with Crippen molar-refractivity contribution in [2.24, 2.45) is 0 Å². The van der Waals surface area contributed by atoms with Gasteiger partial charge >= 0.3 is 0 Å². The summed E-state index contributed by atoms with van der Waals surface area (Å²) in [7, 11) is 0. The van der Waals surface area contributed by atoms with E-state index in [-0.39, 0.29) is 18.3 Å². The number of aryl methyl sites for hydroxylation is 2. The van der Waals surface area contributed by atoms with Crippen LogP contribution in [0, 0.1) is 0 Å². The first-order valence-corrected chi connectivity index (χ1v) is 8.78. The minimum atomic E-state index is 0. The van der Waals surface area contributed by atoms with Gasteiger partial charge in [0.25, 0.3) is 5.91 Å². The van der Waals surface area contributed by atoms with Crippen LogP contribution in [0.25, 0.3) is 0 Å². The zero-order valence-electron chi connectivity index (χ0n) is 12.5. The molecule has 3 rings (SSSR count). The highest BCUT2D eigenvalue weighted by Crippen LogP contribution is 2.28. The predicted molar refractivity (Wildman–Crippen MR) is 90.8 cm³/mol. The van der Waals surface area contributed by atoms with Gasteiger partial charge in [-0.1, -0.05) is 12.8 Å². The van der Waals surface area contributed by atoms with Gasteiger partial charge in [0.15, 0.2) is 0 Å². The van der Waals surface area contributed by atoms with E-state index < -0.39 is 0 Å². The third kappa shape index (κ3) is 4.44. The monoisotopic (exact) mass is 328 g/mol. The molecule has 0 saturated carbocycles. The first-order chi connectivity index (χ1) is 9.83. The fourth-order valence-electron chi connectivity index (χ4n) is 3.19. The van der Waals surface area contributed by atoms with Gasteiger partial charge in [0, 0.05) is 17.5 Å². The number of fused-ring (bicyclic) bond motifs is 1. The molecule has 2 heterocycles. The van der Waals surface area contributed by atoms with E-state index in [0.717, 1.165) is 43.6 Å². The number of carbonyl (C=O) groups is 1. The maximum atomic E-state index is 12.4.